The van der Waals surface area contributed by atoms with E-state index in [2.05, 4.69) is 0 Å². The molecular weight excluding hydrogens is 148 g/mol. The van der Waals surface area contributed by atoms with Crippen LogP contribution in [0.15, 0.2) is 18.2 Å². The molecule has 0 atom stereocenters. The van der Waals surface area contributed by atoms with Gasteiger partial charge in [0.25, 0.3) is 0 Å². The predicted molar refractivity (Wildman–Crippen MR) is 49.7 cm³/mol. The summed E-state index contributed by atoms with van der Waals surface area (Å²) in [7, 11) is 0. The van der Waals surface area contributed by atoms with Gasteiger partial charge in [0.15, 0.2) is 0 Å². The standard InChI is InChI=1S/C11H14O/c1-8(2)9-3-4-11-10(7-9)5-6-12-11/h3-4,7-8H,5-6H2,1-2H3/i5D2,6D2. The van der Waals surface area contributed by atoms with E-state index >= 15 is 0 Å². The van der Waals surface area contributed by atoms with Gasteiger partial charge in [0.1, 0.15) is 5.75 Å². The molecule has 0 N–H and O–H groups in total. The summed E-state index contributed by atoms with van der Waals surface area (Å²) in [6.45, 7) is 1.74. The molecule has 2 rings (SSSR count). The fraction of sp³-hybridized carbons (Fsp3) is 0.455. The zero-order chi connectivity index (χ0) is 12.1. The van der Waals surface area contributed by atoms with Crippen molar-refractivity contribution in [3.63, 3.8) is 0 Å². The van der Waals surface area contributed by atoms with Crippen LogP contribution in [0.2, 0.25) is 0 Å². The molecule has 0 aliphatic carbocycles. The van der Waals surface area contributed by atoms with Gasteiger partial charge in [0, 0.05) is 9.11 Å². The number of hydrogen-bond donors (Lipinski definition) is 0. The molecule has 0 saturated heterocycles. The van der Waals surface area contributed by atoms with E-state index in [-0.39, 0.29) is 5.92 Å². The molecule has 0 saturated carbocycles. The second-order valence-electron chi connectivity index (χ2n) is 3.24. The third kappa shape index (κ3) is 1.20. The van der Waals surface area contributed by atoms with E-state index in [0.717, 1.165) is 5.56 Å². The summed E-state index contributed by atoms with van der Waals surface area (Å²) in [4.78, 5) is 0. The van der Waals surface area contributed by atoms with Crippen LogP contribution in [0.3, 0.4) is 0 Å². The number of aryl methyl sites for hydroxylation is 1. The maximum absolute atomic E-state index is 7.78. The van der Waals surface area contributed by atoms with Crippen LogP contribution in [-0.4, -0.2) is 6.56 Å². The number of ether oxygens (including phenoxy) is 1. The maximum atomic E-state index is 7.78. The Morgan fingerprint density at radius 2 is 2.33 bits per heavy atom. The quantitative estimate of drug-likeness (QED) is 0.623. The maximum Gasteiger partial charge on any atom is 0.122 e. The van der Waals surface area contributed by atoms with Crippen LogP contribution in [0.4, 0.5) is 0 Å². The summed E-state index contributed by atoms with van der Waals surface area (Å²) < 4.78 is 35.6. The van der Waals surface area contributed by atoms with Crippen LogP contribution in [0.25, 0.3) is 0 Å². The van der Waals surface area contributed by atoms with Crippen molar-refractivity contribution < 1.29 is 10.2 Å². The summed E-state index contributed by atoms with van der Waals surface area (Å²) in [6.07, 6.45) is -2.09. The zero-order valence-corrected chi connectivity index (χ0v) is 7.22. The van der Waals surface area contributed by atoms with Gasteiger partial charge in [0.2, 0.25) is 0 Å². The van der Waals surface area contributed by atoms with Crippen molar-refractivity contribution in [1.82, 2.24) is 0 Å². The number of benzene rings is 1. The third-order valence-corrected chi connectivity index (χ3v) is 2.02. The van der Waals surface area contributed by atoms with Crippen molar-refractivity contribution in [3.05, 3.63) is 29.3 Å². The first-order chi connectivity index (χ1) is 7.25. The van der Waals surface area contributed by atoms with Gasteiger partial charge < -0.3 is 4.74 Å². The average molecular weight is 166 g/mol. The Hall–Kier alpha value is -0.980. The molecule has 1 aromatic rings. The minimum atomic E-state index is -2.29. The Morgan fingerprint density at radius 3 is 3.08 bits per heavy atom. The molecule has 1 heteroatoms. The summed E-state index contributed by atoms with van der Waals surface area (Å²) in [5, 5.41) is 0. The Labute approximate surface area is 79.0 Å². The molecule has 0 unspecified atom stereocenters. The van der Waals surface area contributed by atoms with Crippen LogP contribution in [0.1, 0.15) is 36.4 Å². The van der Waals surface area contributed by atoms with Crippen LogP contribution in [0, 0.1) is 0 Å². The second-order valence-corrected chi connectivity index (χ2v) is 3.24. The molecule has 0 radical (unpaired) electrons. The topological polar surface area (TPSA) is 9.23 Å². The molecule has 1 nitrogen and oxygen atoms in total. The highest BCUT2D eigenvalue weighted by Crippen LogP contribution is 2.28. The van der Waals surface area contributed by atoms with Crippen LogP contribution >= 0.6 is 0 Å². The lowest BCUT2D eigenvalue weighted by Crippen LogP contribution is -1.87. The lowest BCUT2D eigenvalue weighted by Gasteiger charge is -2.06. The first-order valence-corrected chi connectivity index (χ1v) is 4.09. The molecule has 0 bridgehead atoms. The fourth-order valence-corrected chi connectivity index (χ4v) is 1.23. The Balaban J connectivity index is 2.55. The third-order valence-electron chi connectivity index (χ3n) is 2.02. The Morgan fingerprint density at radius 1 is 1.50 bits per heavy atom. The van der Waals surface area contributed by atoms with Gasteiger partial charge in [-0.15, -0.1) is 0 Å². The molecular formula is C11H14O. The minimum Gasteiger partial charge on any atom is -0.493 e. The number of hydrogen-bond acceptors (Lipinski definition) is 1. The smallest absolute Gasteiger partial charge is 0.122 e. The molecule has 0 fully saturated rings. The van der Waals surface area contributed by atoms with Crippen LogP contribution in [0.5, 0.6) is 5.75 Å². The molecule has 1 aliphatic heterocycles. The van der Waals surface area contributed by atoms with Gasteiger partial charge in [-0.05, 0) is 23.1 Å². The van der Waals surface area contributed by atoms with Crippen molar-refractivity contribution in [3.8, 4) is 5.75 Å². The van der Waals surface area contributed by atoms with E-state index < -0.39 is 12.9 Å². The number of fused-ring (bicyclic) bond motifs is 1. The molecule has 0 aromatic heterocycles. The highest BCUT2D eigenvalue weighted by atomic mass is 16.5. The summed E-state index contributed by atoms with van der Waals surface area (Å²) >= 11 is 0. The van der Waals surface area contributed by atoms with Gasteiger partial charge in [-0.1, -0.05) is 26.0 Å². The molecule has 1 aromatic carbocycles. The summed E-state index contributed by atoms with van der Waals surface area (Å²) in [6, 6.07) is 5.19. The average Bonchev–Trinajstić information content (AvgIpc) is 2.33. The Kier molecular flexibility index (Phi) is 1.01. The van der Waals surface area contributed by atoms with Crippen molar-refractivity contribution in [2.24, 2.45) is 0 Å². The fourth-order valence-electron chi connectivity index (χ4n) is 1.23. The largest absolute Gasteiger partial charge is 0.493 e. The van der Waals surface area contributed by atoms with Gasteiger partial charge in [-0.2, -0.15) is 0 Å². The first-order valence-electron chi connectivity index (χ1n) is 6.09. The van der Waals surface area contributed by atoms with Gasteiger partial charge in [-0.25, -0.2) is 0 Å². The van der Waals surface area contributed by atoms with E-state index in [1.165, 1.54) is 0 Å². The molecule has 0 amide bonds. The molecule has 1 aliphatic rings. The molecule has 0 spiro atoms. The molecule has 1 heterocycles. The minimum absolute atomic E-state index is 0.285. The molecule has 12 heavy (non-hydrogen) atoms. The van der Waals surface area contributed by atoms with E-state index in [1.54, 1.807) is 12.1 Å². The summed E-state index contributed by atoms with van der Waals surface area (Å²) in [5.74, 6) is 0.590. The molecule has 64 valence electrons. The highest BCUT2D eigenvalue weighted by molar-refractivity contribution is 5.40. The van der Waals surface area contributed by atoms with Crippen molar-refractivity contribution in [2.75, 3.05) is 6.56 Å². The highest BCUT2D eigenvalue weighted by Gasteiger charge is 2.12. The summed E-state index contributed by atoms with van der Waals surface area (Å²) in [5.41, 5.74) is 1.30. The van der Waals surface area contributed by atoms with Crippen LogP contribution < -0.4 is 4.74 Å². The second kappa shape index (κ2) is 2.81. The SMILES string of the molecule is [2H]C1([2H])Oc2ccc(C(C)C)cc2C1([2H])[2H]. The van der Waals surface area contributed by atoms with Gasteiger partial charge >= 0.3 is 0 Å². The van der Waals surface area contributed by atoms with Gasteiger partial charge in [0.05, 0.1) is 9.30 Å². The van der Waals surface area contributed by atoms with Crippen molar-refractivity contribution in [2.45, 2.75) is 26.1 Å². The predicted octanol–water partition coefficient (Wildman–Crippen LogP) is 2.74. The van der Waals surface area contributed by atoms with Crippen molar-refractivity contribution in [1.29, 1.82) is 0 Å². The van der Waals surface area contributed by atoms with Crippen LogP contribution in [-0.2, 0) is 6.37 Å². The monoisotopic (exact) mass is 166 g/mol. The van der Waals surface area contributed by atoms with Crippen molar-refractivity contribution >= 4 is 0 Å². The van der Waals surface area contributed by atoms with E-state index in [9.17, 15) is 0 Å². The lowest BCUT2D eigenvalue weighted by molar-refractivity contribution is 0.357. The van der Waals surface area contributed by atoms with E-state index in [4.69, 9.17) is 10.2 Å². The van der Waals surface area contributed by atoms with E-state index in [0.29, 0.717) is 11.3 Å². The Bertz CT molecular complexity index is 426. The van der Waals surface area contributed by atoms with Gasteiger partial charge in [-0.3, -0.25) is 0 Å². The normalized spacial score (nSPS) is 27.9. The lowest BCUT2D eigenvalue weighted by atomic mass is 10.00. The first kappa shape index (κ1) is 4.31. The number of rotatable bonds is 1. The zero-order valence-electron chi connectivity index (χ0n) is 11.2. The van der Waals surface area contributed by atoms with E-state index in [1.807, 2.05) is 19.9 Å².